The van der Waals surface area contributed by atoms with Crippen molar-refractivity contribution in [3.05, 3.63) is 24.2 Å². The van der Waals surface area contributed by atoms with Crippen molar-refractivity contribution in [2.75, 3.05) is 26.3 Å². The lowest BCUT2D eigenvalue weighted by atomic mass is 10.0. The molecule has 0 bridgehead atoms. The highest BCUT2D eigenvalue weighted by Crippen LogP contribution is 2.26. The van der Waals surface area contributed by atoms with Gasteiger partial charge in [0.25, 0.3) is 0 Å². The van der Waals surface area contributed by atoms with Crippen LogP contribution >= 0.6 is 0 Å². The Labute approximate surface area is 132 Å². The number of rotatable bonds is 8. The fourth-order valence-corrected chi connectivity index (χ4v) is 3.18. The second-order valence-corrected chi connectivity index (χ2v) is 6.08. The van der Waals surface area contributed by atoms with Gasteiger partial charge >= 0.3 is 0 Å². The van der Waals surface area contributed by atoms with Crippen LogP contribution in [0.5, 0.6) is 0 Å². The van der Waals surface area contributed by atoms with Gasteiger partial charge in [0.2, 0.25) is 0 Å². The molecule has 0 aliphatic carbocycles. The van der Waals surface area contributed by atoms with Gasteiger partial charge in [-0.3, -0.25) is 4.90 Å². The number of ether oxygens (including phenoxy) is 1. The minimum Gasteiger partial charge on any atom is -0.467 e. The smallest absolute Gasteiger partial charge is 0.132 e. The third kappa shape index (κ3) is 5.39. The molecule has 2 rings (SSSR count). The van der Waals surface area contributed by atoms with Crippen LogP contribution in [-0.2, 0) is 4.74 Å². The van der Waals surface area contributed by atoms with E-state index in [1.54, 1.807) is 12.3 Å². The van der Waals surface area contributed by atoms with Gasteiger partial charge in [-0.15, -0.1) is 0 Å². The number of nitrogens with zero attached hydrogens (tertiary/aromatic N) is 1. The van der Waals surface area contributed by atoms with Crippen LogP contribution in [0.3, 0.4) is 0 Å². The lowest BCUT2D eigenvalue weighted by Gasteiger charge is -2.32. The number of β-amino-alcohol motifs (C(OH)–C–C–N with tert-alkyl or cyclic N) is 1. The van der Waals surface area contributed by atoms with Crippen molar-refractivity contribution in [1.82, 2.24) is 4.90 Å². The Balaban J connectivity index is 1.91. The van der Waals surface area contributed by atoms with Crippen molar-refractivity contribution < 1.29 is 19.4 Å². The number of hydrogen-bond donors (Lipinski definition) is 2. The Morgan fingerprint density at radius 2 is 2.23 bits per heavy atom. The fraction of sp³-hybridized carbons (Fsp3) is 0.765. The molecule has 1 aromatic rings. The summed E-state index contributed by atoms with van der Waals surface area (Å²) in [7, 11) is 0. The molecule has 1 aliphatic rings. The van der Waals surface area contributed by atoms with Crippen molar-refractivity contribution in [2.45, 2.75) is 57.3 Å². The van der Waals surface area contributed by atoms with E-state index in [1.165, 1.54) is 12.8 Å². The van der Waals surface area contributed by atoms with E-state index in [2.05, 4.69) is 4.90 Å². The van der Waals surface area contributed by atoms with Gasteiger partial charge in [0.05, 0.1) is 19.0 Å². The first-order valence-electron chi connectivity index (χ1n) is 8.42. The molecule has 126 valence electrons. The molecule has 3 unspecified atom stereocenters. The SMILES string of the molecule is CCOCC(O)CN1CCCCCC1CC(O)c1ccco1. The van der Waals surface area contributed by atoms with E-state index in [0.29, 0.717) is 31.9 Å². The summed E-state index contributed by atoms with van der Waals surface area (Å²) in [5.41, 5.74) is 0. The lowest BCUT2D eigenvalue weighted by Crippen LogP contribution is -2.42. The van der Waals surface area contributed by atoms with Gasteiger partial charge in [0, 0.05) is 19.2 Å². The predicted molar refractivity (Wildman–Crippen MR) is 84.6 cm³/mol. The zero-order chi connectivity index (χ0) is 15.8. The normalized spacial score (nSPS) is 23.1. The van der Waals surface area contributed by atoms with Crippen molar-refractivity contribution in [3.63, 3.8) is 0 Å². The van der Waals surface area contributed by atoms with Gasteiger partial charge in [0.15, 0.2) is 0 Å². The summed E-state index contributed by atoms with van der Waals surface area (Å²) in [5, 5.41) is 20.5. The molecular formula is C17H29NO4. The van der Waals surface area contributed by atoms with Crippen molar-refractivity contribution >= 4 is 0 Å². The maximum Gasteiger partial charge on any atom is 0.132 e. The maximum absolute atomic E-state index is 10.3. The summed E-state index contributed by atoms with van der Waals surface area (Å²) in [6, 6.07) is 3.89. The first-order chi connectivity index (χ1) is 10.7. The first-order valence-corrected chi connectivity index (χ1v) is 8.42. The summed E-state index contributed by atoms with van der Waals surface area (Å²) < 4.78 is 10.6. The van der Waals surface area contributed by atoms with Crippen LogP contribution in [-0.4, -0.2) is 53.6 Å². The lowest BCUT2D eigenvalue weighted by molar-refractivity contribution is 0.00479. The van der Waals surface area contributed by atoms with E-state index in [0.717, 1.165) is 19.4 Å². The van der Waals surface area contributed by atoms with E-state index in [1.807, 2.05) is 13.0 Å². The Hall–Kier alpha value is -0.880. The van der Waals surface area contributed by atoms with E-state index in [9.17, 15) is 10.2 Å². The van der Waals surface area contributed by atoms with Crippen molar-refractivity contribution in [2.24, 2.45) is 0 Å². The topological polar surface area (TPSA) is 66.1 Å². The van der Waals surface area contributed by atoms with Crippen molar-refractivity contribution in [1.29, 1.82) is 0 Å². The second kappa shape index (κ2) is 9.30. The molecule has 22 heavy (non-hydrogen) atoms. The van der Waals surface area contributed by atoms with Crippen LogP contribution in [0.2, 0.25) is 0 Å². The molecule has 1 fully saturated rings. The van der Waals surface area contributed by atoms with Gasteiger partial charge in [-0.2, -0.15) is 0 Å². The summed E-state index contributed by atoms with van der Waals surface area (Å²) in [4.78, 5) is 2.31. The minimum absolute atomic E-state index is 0.277. The molecule has 1 saturated heterocycles. The van der Waals surface area contributed by atoms with Crippen molar-refractivity contribution in [3.8, 4) is 0 Å². The van der Waals surface area contributed by atoms with Gasteiger partial charge in [-0.1, -0.05) is 12.8 Å². The monoisotopic (exact) mass is 311 g/mol. The predicted octanol–water partition coefficient (Wildman–Crippen LogP) is 2.35. The Morgan fingerprint density at radius 3 is 2.95 bits per heavy atom. The third-order valence-electron chi connectivity index (χ3n) is 4.33. The molecule has 0 radical (unpaired) electrons. The van der Waals surface area contributed by atoms with Crippen LogP contribution in [0.4, 0.5) is 0 Å². The van der Waals surface area contributed by atoms with Crippen LogP contribution in [0.25, 0.3) is 0 Å². The number of hydrogen-bond acceptors (Lipinski definition) is 5. The third-order valence-corrected chi connectivity index (χ3v) is 4.33. The Kier molecular flexibility index (Phi) is 7.39. The number of aliphatic hydroxyl groups excluding tert-OH is 2. The van der Waals surface area contributed by atoms with Crippen LogP contribution in [0, 0.1) is 0 Å². The summed E-state index contributed by atoms with van der Waals surface area (Å²) in [6.07, 6.45) is 5.78. The molecule has 5 nitrogen and oxygen atoms in total. The summed E-state index contributed by atoms with van der Waals surface area (Å²) in [5.74, 6) is 0.624. The summed E-state index contributed by atoms with van der Waals surface area (Å²) in [6.45, 7) is 4.51. The van der Waals surface area contributed by atoms with Crippen LogP contribution in [0.1, 0.15) is 50.9 Å². The Morgan fingerprint density at radius 1 is 1.36 bits per heavy atom. The molecule has 0 spiro atoms. The average molecular weight is 311 g/mol. The fourth-order valence-electron chi connectivity index (χ4n) is 3.18. The standard InChI is InChI=1S/C17H29NO4/c1-2-21-13-15(19)12-18-9-5-3-4-7-14(18)11-16(20)17-8-6-10-22-17/h6,8,10,14-16,19-20H,2-5,7,9,11-13H2,1H3. The number of furan rings is 1. The van der Waals surface area contributed by atoms with E-state index >= 15 is 0 Å². The minimum atomic E-state index is -0.579. The molecule has 1 aliphatic heterocycles. The second-order valence-electron chi connectivity index (χ2n) is 6.08. The van der Waals surface area contributed by atoms with Gasteiger partial charge in [-0.05, 0) is 44.9 Å². The molecular weight excluding hydrogens is 282 g/mol. The van der Waals surface area contributed by atoms with Crippen LogP contribution < -0.4 is 0 Å². The van der Waals surface area contributed by atoms with E-state index in [4.69, 9.17) is 9.15 Å². The average Bonchev–Trinajstić information content (AvgIpc) is 2.97. The largest absolute Gasteiger partial charge is 0.467 e. The number of likely N-dealkylation sites (tertiary alicyclic amines) is 1. The molecule has 5 heteroatoms. The van der Waals surface area contributed by atoms with E-state index < -0.39 is 12.2 Å². The van der Waals surface area contributed by atoms with E-state index in [-0.39, 0.29) is 6.04 Å². The van der Waals surface area contributed by atoms with Crippen LogP contribution in [0.15, 0.2) is 22.8 Å². The zero-order valence-electron chi connectivity index (χ0n) is 13.5. The number of aliphatic hydroxyl groups is 2. The Bertz CT molecular complexity index is 395. The highest BCUT2D eigenvalue weighted by Gasteiger charge is 2.26. The molecule has 2 N–H and O–H groups in total. The molecule has 0 saturated carbocycles. The molecule has 1 aromatic heterocycles. The zero-order valence-corrected chi connectivity index (χ0v) is 13.5. The molecule has 3 atom stereocenters. The summed E-state index contributed by atoms with van der Waals surface area (Å²) >= 11 is 0. The molecule has 0 amide bonds. The molecule has 0 aromatic carbocycles. The highest BCUT2D eigenvalue weighted by molar-refractivity contribution is 5.02. The maximum atomic E-state index is 10.3. The molecule has 2 heterocycles. The van der Waals surface area contributed by atoms with Gasteiger partial charge in [-0.25, -0.2) is 0 Å². The van der Waals surface area contributed by atoms with Gasteiger partial charge < -0.3 is 19.4 Å². The quantitative estimate of drug-likeness (QED) is 0.771. The van der Waals surface area contributed by atoms with Gasteiger partial charge in [0.1, 0.15) is 11.9 Å². The highest BCUT2D eigenvalue weighted by atomic mass is 16.5. The first kappa shape index (κ1) is 17.5.